The Morgan fingerprint density at radius 2 is 2.05 bits per heavy atom. The molecule has 0 unspecified atom stereocenters. The number of nitrogens with one attached hydrogen (secondary N) is 1. The summed E-state index contributed by atoms with van der Waals surface area (Å²) in [6.45, 7) is 5.08. The first-order chi connectivity index (χ1) is 9.76. The van der Waals surface area contributed by atoms with E-state index in [9.17, 15) is 0 Å². The molecule has 0 aliphatic rings. The molecule has 0 bridgehead atoms. The lowest BCUT2D eigenvalue weighted by molar-refractivity contribution is 0.405. The number of para-hydroxylation sites is 1. The van der Waals surface area contributed by atoms with Gasteiger partial charge in [0.15, 0.2) is 0 Å². The molecule has 5 heteroatoms. The number of ether oxygens (including phenoxy) is 1. The Hall–Kier alpha value is -1.75. The molecule has 1 heterocycles. The number of aromatic nitrogens is 2. The largest absolute Gasteiger partial charge is 0.496 e. The highest BCUT2D eigenvalue weighted by molar-refractivity contribution is 7.99. The number of rotatable bonds is 6. The molecule has 4 nitrogen and oxygen atoms in total. The van der Waals surface area contributed by atoms with Crippen molar-refractivity contribution >= 4 is 17.6 Å². The summed E-state index contributed by atoms with van der Waals surface area (Å²) in [4.78, 5) is 9.72. The van der Waals surface area contributed by atoms with Gasteiger partial charge in [-0.05, 0) is 25.5 Å². The third kappa shape index (κ3) is 3.42. The minimum absolute atomic E-state index is 0.860. The maximum absolute atomic E-state index is 5.37. The predicted octanol–water partition coefficient (Wildman–Crippen LogP) is 3.77. The summed E-state index contributed by atoms with van der Waals surface area (Å²) in [5, 5.41) is 4.27. The van der Waals surface area contributed by atoms with Crippen LogP contribution in [-0.2, 0) is 0 Å². The molecule has 0 aliphatic carbocycles. The van der Waals surface area contributed by atoms with Crippen LogP contribution in [0.4, 0.5) is 5.82 Å². The van der Waals surface area contributed by atoms with E-state index in [1.165, 1.54) is 0 Å². The van der Waals surface area contributed by atoms with Crippen LogP contribution in [0.3, 0.4) is 0 Å². The van der Waals surface area contributed by atoms with E-state index in [2.05, 4.69) is 22.2 Å². The van der Waals surface area contributed by atoms with Gasteiger partial charge < -0.3 is 10.1 Å². The van der Waals surface area contributed by atoms with Crippen LogP contribution in [0.5, 0.6) is 5.75 Å². The molecule has 2 rings (SSSR count). The Balaban J connectivity index is 2.25. The van der Waals surface area contributed by atoms with Gasteiger partial charge in [0.2, 0.25) is 0 Å². The summed E-state index contributed by atoms with van der Waals surface area (Å²) in [5.74, 6) is 1.76. The van der Waals surface area contributed by atoms with Crippen molar-refractivity contribution in [2.24, 2.45) is 0 Å². The second-order valence-corrected chi connectivity index (χ2v) is 5.36. The van der Waals surface area contributed by atoms with E-state index in [4.69, 9.17) is 4.74 Å². The molecule has 1 aromatic heterocycles. The molecular weight excluding hydrogens is 270 g/mol. The van der Waals surface area contributed by atoms with Crippen LogP contribution in [0.15, 0.2) is 40.5 Å². The zero-order valence-electron chi connectivity index (χ0n) is 12.0. The molecule has 0 saturated carbocycles. The Morgan fingerprint density at radius 1 is 1.25 bits per heavy atom. The highest BCUT2D eigenvalue weighted by atomic mass is 32.2. The summed E-state index contributed by atoms with van der Waals surface area (Å²) in [6.07, 6.45) is 2.67. The van der Waals surface area contributed by atoms with Crippen LogP contribution < -0.4 is 10.1 Å². The van der Waals surface area contributed by atoms with Gasteiger partial charge in [0.05, 0.1) is 12.0 Å². The van der Waals surface area contributed by atoms with Gasteiger partial charge in [-0.3, -0.25) is 0 Å². The van der Waals surface area contributed by atoms with Crippen molar-refractivity contribution in [1.29, 1.82) is 0 Å². The predicted molar refractivity (Wildman–Crippen MR) is 82.7 cm³/mol. The number of benzene rings is 1. The molecule has 0 aliphatic heterocycles. The molecule has 20 heavy (non-hydrogen) atoms. The Labute approximate surface area is 124 Å². The number of hydrogen-bond acceptors (Lipinski definition) is 5. The van der Waals surface area contributed by atoms with Gasteiger partial charge in [0.1, 0.15) is 22.9 Å². The highest BCUT2D eigenvalue weighted by Crippen LogP contribution is 2.36. The van der Waals surface area contributed by atoms with E-state index in [0.29, 0.717) is 0 Å². The summed E-state index contributed by atoms with van der Waals surface area (Å²) in [6, 6.07) is 7.95. The van der Waals surface area contributed by atoms with Crippen LogP contribution in [-0.4, -0.2) is 23.6 Å². The van der Waals surface area contributed by atoms with Gasteiger partial charge >= 0.3 is 0 Å². The maximum Gasteiger partial charge on any atom is 0.133 e. The molecular formula is C15H19N3OS. The molecule has 0 amide bonds. The monoisotopic (exact) mass is 289 g/mol. The average molecular weight is 289 g/mol. The van der Waals surface area contributed by atoms with Crippen LogP contribution in [0.1, 0.15) is 18.9 Å². The first-order valence-corrected chi connectivity index (χ1v) is 7.44. The SMILES string of the molecule is CCCNc1ncnc(Sc2ccccc2OC)c1C. The van der Waals surface area contributed by atoms with Crippen LogP contribution >= 0.6 is 11.8 Å². The topological polar surface area (TPSA) is 47.0 Å². The zero-order chi connectivity index (χ0) is 14.4. The minimum atomic E-state index is 0.860. The minimum Gasteiger partial charge on any atom is -0.496 e. The van der Waals surface area contributed by atoms with E-state index in [1.807, 2.05) is 31.2 Å². The van der Waals surface area contributed by atoms with Gasteiger partial charge in [-0.1, -0.05) is 30.8 Å². The van der Waals surface area contributed by atoms with Gasteiger partial charge in [-0.25, -0.2) is 9.97 Å². The average Bonchev–Trinajstić information content (AvgIpc) is 2.48. The summed E-state index contributed by atoms with van der Waals surface area (Å²) >= 11 is 1.60. The fourth-order valence-corrected chi connectivity index (χ4v) is 2.72. The smallest absolute Gasteiger partial charge is 0.133 e. The number of anilines is 1. The summed E-state index contributed by atoms with van der Waals surface area (Å²) in [5.41, 5.74) is 1.07. The van der Waals surface area contributed by atoms with Gasteiger partial charge in [0.25, 0.3) is 0 Å². The fourth-order valence-electron chi connectivity index (χ4n) is 1.77. The molecule has 106 valence electrons. The molecule has 2 aromatic rings. The second-order valence-electron chi connectivity index (χ2n) is 4.33. The molecule has 0 radical (unpaired) electrons. The van der Waals surface area contributed by atoms with Crippen molar-refractivity contribution in [3.63, 3.8) is 0 Å². The maximum atomic E-state index is 5.37. The zero-order valence-corrected chi connectivity index (χ0v) is 12.8. The normalized spacial score (nSPS) is 10.3. The number of hydrogen-bond donors (Lipinski definition) is 1. The van der Waals surface area contributed by atoms with E-state index >= 15 is 0 Å². The van der Waals surface area contributed by atoms with Crippen molar-refractivity contribution in [1.82, 2.24) is 9.97 Å². The lowest BCUT2D eigenvalue weighted by atomic mass is 10.3. The van der Waals surface area contributed by atoms with Crippen molar-refractivity contribution in [3.8, 4) is 5.75 Å². The molecule has 0 atom stereocenters. The fraction of sp³-hybridized carbons (Fsp3) is 0.333. The van der Waals surface area contributed by atoms with Crippen molar-refractivity contribution in [2.75, 3.05) is 19.0 Å². The lowest BCUT2D eigenvalue weighted by Gasteiger charge is -2.11. The van der Waals surface area contributed by atoms with E-state index in [0.717, 1.165) is 40.0 Å². The molecule has 1 N–H and O–H groups in total. The molecule has 0 saturated heterocycles. The summed E-state index contributed by atoms with van der Waals surface area (Å²) < 4.78 is 5.37. The van der Waals surface area contributed by atoms with Crippen molar-refractivity contribution in [2.45, 2.75) is 30.2 Å². The third-order valence-electron chi connectivity index (χ3n) is 2.86. The number of nitrogens with zero attached hydrogens (tertiary/aromatic N) is 2. The quantitative estimate of drug-likeness (QED) is 0.820. The lowest BCUT2D eigenvalue weighted by Crippen LogP contribution is -2.05. The van der Waals surface area contributed by atoms with Gasteiger partial charge in [-0.2, -0.15) is 0 Å². The molecule has 0 spiro atoms. The van der Waals surface area contributed by atoms with Gasteiger partial charge in [-0.15, -0.1) is 0 Å². The third-order valence-corrected chi connectivity index (χ3v) is 4.02. The highest BCUT2D eigenvalue weighted by Gasteiger charge is 2.10. The standard InChI is InChI=1S/C15H19N3OS/c1-4-9-16-14-11(2)15(18-10-17-14)20-13-8-6-5-7-12(13)19-3/h5-8,10H,4,9H2,1-3H3,(H,16,17,18). The Bertz CT molecular complexity index is 575. The van der Waals surface area contributed by atoms with E-state index in [-0.39, 0.29) is 0 Å². The molecule has 1 aromatic carbocycles. The van der Waals surface area contributed by atoms with Crippen molar-refractivity contribution < 1.29 is 4.74 Å². The van der Waals surface area contributed by atoms with Crippen LogP contribution in [0, 0.1) is 6.92 Å². The first-order valence-electron chi connectivity index (χ1n) is 6.62. The van der Waals surface area contributed by atoms with Crippen LogP contribution in [0.2, 0.25) is 0 Å². The Morgan fingerprint density at radius 3 is 2.80 bits per heavy atom. The second kappa shape index (κ2) is 7.14. The first kappa shape index (κ1) is 14.7. The van der Waals surface area contributed by atoms with Gasteiger partial charge in [0, 0.05) is 12.1 Å². The van der Waals surface area contributed by atoms with Crippen molar-refractivity contribution in [3.05, 3.63) is 36.2 Å². The summed E-state index contributed by atoms with van der Waals surface area (Å²) in [7, 11) is 1.68. The van der Waals surface area contributed by atoms with E-state index < -0.39 is 0 Å². The number of methoxy groups -OCH3 is 1. The molecule has 0 fully saturated rings. The van der Waals surface area contributed by atoms with Crippen LogP contribution in [0.25, 0.3) is 0 Å². The van der Waals surface area contributed by atoms with E-state index in [1.54, 1.807) is 25.2 Å². The Kier molecular flexibility index (Phi) is 5.24.